The molecule has 0 N–H and O–H groups in total. The molecule has 4 aromatic rings. The number of hydrogen-bond acceptors (Lipinski definition) is 6. The number of piperidine rings is 3. The topological polar surface area (TPSA) is 64.8 Å². The van der Waals surface area contributed by atoms with E-state index in [-0.39, 0.29) is 24.0 Å². The summed E-state index contributed by atoms with van der Waals surface area (Å²) < 4.78 is 17.4. The molecule has 6 nitrogen and oxygen atoms in total. The molecule has 2 aromatic carbocycles. The number of carbonyl (C=O) groups is 1. The van der Waals surface area contributed by atoms with Gasteiger partial charge in [-0.2, -0.15) is 0 Å². The van der Waals surface area contributed by atoms with Crippen molar-refractivity contribution >= 4 is 27.8 Å². The van der Waals surface area contributed by atoms with Crippen LogP contribution in [0.2, 0.25) is 0 Å². The molecule has 0 spiro atoms. The lowest BCUT2D eigenvalue weighted by Crippen LogP contribution is -2.55. The highest BCUT2D eigenvalue weighted by Gasteiger charge is 2.44. The van der Waals surface area contributed by atoms with Crippen LogP contribution in [0.3, 0.4) is 0 Å². The van der Waals surface area contributed by atoms with E-state index in [1.54, 1.807) is 13.3 Å². The summed E-state index contributed by atoms with van der Waals surface area (Å²) in [6.07, 6.45) is 3.42. The Morgan fingerprint density at radius 1 is 1.19 bits per heavy atom. The van der Waals surface area contributed by atoms with E-state index in [0.29, 0.717) is 11.7 Å². The van der Waals surface area contributed by atoms with Crippen LogP contribution in [0.25, 0.3) is 21.9 Å². The van der Waals surface area contributed by atoms with Gasteiger partial charge in [0, 0.05) is 48.0 Å². The summed E-state index contributed by atoms with van der Waals surface area (Å²) in [5.74, 6) is 8.66. The summed E-state index contributed by atoms with van der Waals surface area (Å²) in [6.45, 7) is 3.31. The van der Waals surface area contributed by atoms with E-state index >= 15 is 0 Å². The van der Waals surface area contributed by atoms with E-state index in [9.17, 15) is 4.79 Å². The van der Waals surface area contributed by atoms with Crippen LogP contribution in [-0.2, 0) is 9.53 Å². The fourth-order valence-corrected chi connectivity index (χ4v) is 5.80. The Bertz CT molecular complexity index is 1460. The first-order valence-electron chi connectivity index (χ1n) is 12.4. The number of rotatable bonds is 4. The van der Waals surface area contributed by atoms with Gasteiger partial charge in [0.2, 0.25) is 0 Å². The monoisotopic (exact) mass is 480 g/mol. The standard InChI is InChI=1S/C30H28N2O4/c1-19(33)35-30(25-11-13-31-27-10-9-23(34-2)17-26(25)27)28-16-20-12-14-32(28)18-22(20)7-8-24-15-21-5-3-4-6-29(21)36-24/h3-6,9-11,13,15,17,20,22,28,30H,12,14,16,18H2,1-2H3/t20-,22-,28+,30-/m0/s1. The normalized spacial score (nSPS) is 23.7. The maximum atomic E-state index is 12.2. The lowest BCUT2D eigenvalue weighted by atomic mass is 9.73. The van der Waals surface area contributed by atoms with E-state index in [2.05, 4.69) is 21.7 Å². The van der Waals surface area contributed by atoms with Gasteiger partial charge >= 0.3 is 5.97 Å². The average molecular weight is 481 g/mol. The number of aromatic nitrogens is 1. The number of para-hydroxylation sites is 1. The molecule has 0 saturated carbocycles. The second-order valence-electron chi connectivity index (χ2n) is 9.68. The highest BCUT2D eigenvalue weighted by Crippen LogP contribution is 2.43. The van der Waals surface area contributed by atoms with Crippen molar-refractivity contribution in [1.29, 1.82) is 0 Å². The van der Waals surface area contributed by atoms with Gasteiger partial charge in [-0.1, -0.05) is 24.1 Å². The van der Waals surface area contributed by atoms with Crippen LogP contribution in [0.15, 0.2) is 65.2 Å². The molecule has 1 unspecified atom stereocenters. The van der Waals surface area contributed by atoms with E-state index in [1.165, 1.54) is 6.92 Å². The highest BCUT2D eigenvalue weighted by atomic mass is 16.5. The molecular weight excluding hydrogens is 452 g/mol. The van der Waals surface area contributed by atoms with Crippen molar-refractivity contribution in [3.05, 3.63) is 72.1 Å². The van der Waals surface area contributed by atoms with E-state index in [1.807, 2.05) is 54.6 Å². The first-order chi connectivity index (χ1) is 17.6. The third-order valence-electron chi connectivity index (χ3n) is 7.54. The van der Waals surface area contributed by atoms with Crippen LogP contribution >= 0.6 is 0 Å². The first-order valence-corrected chi connectivity index (χ1v) is 12.4. The molecule has 6 heteroatoms. The van der Waals surface area contributed by atoms with E-state index in [4.69, 9.17) is 13.9 Å². The number of ether oxygens (including phenoxy) is 2. The van der Waals surface area contributed by atoms with Crippen molar-refractivity contribution in [1.82, 2.24) is 9.88 Å². The van der Waals surface area contributed by atoms with Gasteiger partial charge in [0.15, 0.2) is 5.76 Å². The molecule has 3 fully saturated rings. The molecule has 3 aliphatic heterocycles. The predicted molar refractivity (Wildman–Crippen MR) is 137 cm³/mol. The van der Waals surface area contributed by atoms with Crippen LogP contribution in [-0.4, -0.2) is 42.1 Å². The zero-order valence-electron chi connectivity index (χ0n) is 20.4. The quantitative estimate of drug-likeness (QED) is 0.290. The Balaban J connectivity index is 1.29. The van der Waals surface area contributed by atoms with Gasteiger partial charge < -0.3 is 13.9 Å². The van der Waals surface area contributed by atoms with Crippen LogP contribution in [0.4, 0.5) is 0 Å². The molecular formula is C30H28N2O4. The maximum absolute atomic E-state index is 12.2. The van der Waals surface area contributed by atoms with Gasteiger partial charge in [-0.05, 0) is 61.6 Å². The minimum atomic E-state index is -0.382. The number of hydrogen-bond donors (Lipinski definition) is 0. The summed E-state index contributed by atoms with van der Waals surface area (Å²) in [4.78, 5) is 19.2. The lowest BCUT2D eigenvalue weighted by Gasteiger charge is -2.50. The molecule has 5 heterocycles. The third-order valence-corrected chi connectivity index (χ3v) is 7.54. The number of fused-ring (bicyclic) bond motifs is 5. The second-order valence-corrected chi connectivity index (χ2v) is 9.68. The first kappa shape index (κ1) is 22.6. The van der Waals surface area contributed by atoms with Crippen LogP contribution in [0.1, 0.15) is 37.2 Å². The molecule has 0 amide bonds. The Morgan fingerprint density at radius 3 is 2.86 bits per heavy atom. The fourth-order valence-electron chi connectivity index (χ4n) is 5.80. The Labute approximate surface area is 210 Å². The number of furan rings is 1. The third kappa shape index (κ3) is 4.20. The van der Waals surface area contributed by atoms with Gasteiger partial charge in [0.25, 0.3) is 0 Å². The SMILES string of the molecule is COc1ccc2nccc([C@H](OC(C)=O)[C@H]3C[C@@H]4CCN3C[C@@H]4C#Cc3cc4ccccc4o3)c2c1. The summed E-state index contributed by atoms with van der Waals surface area (Å²) in [7, 11) is 1.65. The molecule has 2 aromatic heterocycles. The summed E-state index contributed by atoms with van der Waals surface area (Å²) in [6, 6.07) is 17.9. The minimum absolute atomic E-state index is 0.0914. The number of methoxy groups -OCH3 is 1. The Kier molecular flexibility index (Phi) is 5.86. The Morgan fingerprint density at radius 2 is 2.08 bits per heavy atom. The van der Waals surface area contributed by atoms with E-state index in [0.717, 1.165) is 59.1 Å². The van der Waals surface area contributed by atoms with Crippen molar-refractivity contribution in [3.8, 4) is 17.6 Å². The number of carbonyl (C=O) groups excluding carboxylic acids is 1. The summed E-state index contributed by atoms with van der Waals surface area (Å²) in [5.41, 5.74) is 2.69. The van der Waals surface area contributed by atoms with Crippen LogP contribution in [0, 0.1) is 23.7 Å². The molecule has 0 aliphatic carbocycles. The van der Waals surface area contributed by atoms with Crippen molar-refractivity contribution in [2.45, 2.75) is 31.9 Å². The largest absolute Gasteiger partial charge is 0.497 e. The maximum Gasteiger partial charge on any atom is 0.303 e. The smallest absolute Gasteiger partial charge is 0.303 e. The molecule has 182 valence electrons. The predicted octanol–water partition coefficient (Wildman–Crippen LogP) is 5.36. The van der Waals surface area contributed by atoms with Crippen molar-refractivity contribution in [2.75, 3.05) is 20.2 Å². The molecule has 36 heavy (non-hydrogen) atoms. The molecule has 0 radical (unpaired) electrons. The summed E-state index contributed by atoms with van der Waals surface area (Å²) in [5, 5.41) is 2.02. The van der Waals surface area contributed by atoms with Crippen LogP contribution in [0.5, 0.6) is 5.75 Å². The number of nitrogens with zero attached hydrogens (tertiary/aromatic N) is 2. The highest BCUT2D eigenvalue weighted by molar-refractivity contribution is 5.84. The second kappa shape index (κ2) is 9.33. The molecule has 5 atom stereocenters. The van der Waals surface area contributed by atoms with Crippen LogP contribution < -0.4 is 4.74 Å². The number of esters is 1. The minimum Gasteiger partial charge on any atom is -0.497 e. The zero-order valence-corrected chi connectivity index (χ0v) is 20.4. The van der Waals surface area contributed by atoms with Gasteiger partial charge in [0.05, 0.1) is 18.7 Å². The zero-order chi connectivity index (χ0) is 24.6. The van der Waals surface area contributed by atoms with Crippen molar-refractivity contribution in [2.24, 2.45) is 11.8 Å². The van der Waals surface area contributed by atoms with Crippen molar-refractivity contribution < 1.29 is 18.7 Å². The van der Waals surface area contributed by atoms with Gasteiger partial charge in [-0.15, -0.1) is 0 Å². The number of pyridine rings is 1. The molecule has 2 bridgehead atoms. The molecule has 3 aliphatic rings. The van der Waals surface area contributed by atoms with E-state index < -0.39 is 0 Å². The fraction of sp³-hybridized carbons (Fsp3) is 0.333. The van der Waals surface area contributed by atoms with Gasteiger partial charge in [0.1, 0.15) is 17.4 Å². The summed E-state index contributed by atoms with van der Waals surface area (Å²) >= 11 is 0. The number of benzene rings is 2. The van der Waals surface area contributed by atoms with Gasteiger partial charge in [-0.25, -0.2) is 0 Å². The molecule has 7 rings (SSSR count). The lowest BCUT2D eigenvalue weighted by molar-refractivity contribution is -0.154. The van der Waals surface area contributed by atoms with Crippen molar-refractivity contribution in [3.63, 3.8) is 0 Å². The average Bonchev–Trinajstić information content (AvgIpc) is 3.33. The van der Waals surface area contributed by atoms with Gasteiger partial charge in [-0.3, -0.25) is 14.7 Å². The Hall–Kier alpha value is -3.82. The molecule has 3 saturated heterocycles.